The first-order valence-electron chi connectivity index (χ1n) is 8.64. The van der Waals surface area contributed by atoms with Crippen LogP contribution in [0.4, 0.5) is 4.39 Å². The lowest BCUT2D eigenvalue weighted by molar-refractivity contribution is -0.133. The Morgan fingerprint density at radius 1 is 1.12 bits per heavy atom. The van der Waals surface area contributed by atoms with Crippen molar-refractivity contribution in [3.63, 3.8) is 0 Å². The van der Waals surface area contributed by atoms with Crippen molar-refractivity contribution in [3.05, 3.63) is 65.5 Å². The molecule has 2 atom stereocenters. The van der Waals surface area contributed by atoms with Crippen LogP contribution < -0.4 is 15.6 Å². The molecule has 0 aromatic heterocycles. The third-order valence-corrected chi connectivity index (χ3v) is 4.49. The zero-order chi connectivity index (χ0) is 18.5. The van der Waals surface area contributed by atoms with Gasteiger partial charge < -0.3 is 4.74 Å². The number of benzene rings is 2. The molecule has 3 rings (SSSR count). The number of fused-ring (bicyclic) bond motifs is 1. The van der Waals surface area contributed by atoms with Crippen LogP contribution in [0, 0.1) is 5.82 Å². The van der Waals surface area contributed by atoms with Crippen molar-refractivity contribution in [3.8, 4) is 5.75 Å². The Bertz CT molecular complexity index is 792. The van der Waals surface area contributed by atoms with E-state index in [9.17, 15) is 14.0 Å². The number of nitrogens with one attached hydrogen (secondary N) is 2. The van der Waals surface area contributed by atoms with Crippen molar-refractivity contribution in [1.29, 1.82) is 0 Å². The highest BCUT2D eigenvalue weighted by Gasteiger charge is 2.27. The predicted octanol–water partition coefficient (Wildman–Crippen LogP) is 2.86. The van der Waals surface area contributed by atoms with Gasteiger partial charge in [0.1, 0.15) is 11.6 Å². The van der Waals surface area contributed by atoms with E-state index in [1.54, 1.807) is 6.92 Å². The minimum atomic E-state index is -0.834. The van der Waals surface area contributed by atoms with Crippen molar-refractivity contribution in [1.82, 2.24) is 10.9 Å². The van der Waals surface area contributed by atoms with E-state index in [1.807, 2.05) is 24.3 Å². The van der Waals surface area contributed by atoms with Crippen LogP contribution in [0.2, 0.25) is 0 Å². The Morgan fingerprint density at radius 3 is 2.62 bits per heavy atom. The summed E-state index contributed by atoms with van der Waals surface area (Å²) in [6.45, 7) is 1.56. The number of aryl methyl sites for hydroxylation is 1. The number of amides is 2. The molecule has 0 heterocycles. The van der Waals surface area contributed by atoms with Crippen molar-refractivity contribution in [2.75, 3.05) is 0 Å². The third kappa shape index (κ3) is 4.20. The lowest BCUT2D eigenvalue weighted by Gasteiger charge is -2.25. The SMILES string of the molecule is CC(Oc1ccc(F)cc1)C(=O)NNC(=O)C1CCCc2ccccc21. The minimum Gasteiger partial charge on any atom is -0.481 e. The molecule has 0 aliphatic heterocycles. The van der Waals surface area contributed by atoms with Crippen molar-refractivity contribution < 1.29 is 18.7 Å². The second kappa shape index (κ2) is 7.99. The summed E-state index contributed by atoms with van der Waals surface area (Å²) in [5, 5.41) is 0. The molecule has 2 N–H and O–H groups in total. The van der Waals surface area contributed by atoms with Crippen LogP contribution >= 0.6 is 0 Å². The molecule has 2 amide bonds. The molecule has 136 valence electrons. The number of rotatable bonds is 4. The molecule has 0 radical (unpaired) electrons. The quantitative estimate of drug-likeness (QED) is 0.828. The highest BCUT2D eigenvalue weighted by Crippen LogP contribution is 2.31. The van der Waals surface area contributed by atoms with Gasteiger partial charge >= 0.3 is 0 Å². The van der Waals surface area contributed by atoms with E-state index in [1.165, 1.54) is 29.8 Å². The van der Waals surface area contributed by atoms with Crippen LogP contribution in [0.5, 0.6) is 5.75 Å². The first kappa shape index (κ1) is 17.9. The van der Waals surface area contributed by atoms with Crippen molar-refractivity contribution >= 4 is 11.8 Å². The van der Waals surface area contributed by atoms with Gasteiger partial charge in [-0.15, -0.1) is 0 Å². The van der Waals surface area contributed by atoms with Gasteiger partial charge in [0.25, 0.3) is 5.91 Å². The number of carbonyl (C=O) groups excluding carboxylic acids is 2. The summed E-state index contributed by atoms with van der Waals surface area (Å²) in [5.74, 6) is -0.990. The summed E-state index contributed by atoms with van der Waals surface area (Å²) in [6, 6.07) is 13.3. The first-order valence-corrected chi connectivity index (χ1v) is 8.64. The molecule has 0 bridgehead atoms. The molecule has 2 aromatic carbocycles. The molecule has 0 fully saturated rings. The fourth-order valence-corrected chi connectivity index (χ4v) is 3.11. The van der Waals surface area contributed by atoms with E-state index in [0.29, 0.717) is 5.75 Å². The van der Waals surface area contributed by atoms with Gasteiger partial charge in [-0.2, -0.15) is 0 Å². The molecule has 6 heteroatoms. The molecular weight excluding hydrogens is 335 g/mol. The minimum absolute atomic E-state index is 0.237. The van der Waals surface area contributed by atoms with Crippen LogP contribution in [0.3, 0.4) is 0 Å². The highest BCUT2D eigenvalue weighted by molar-refractivity contribution is 5.88. The monoisotopic (exact) mass is 356 g/mol. The lowest BCUT2D eigenvalue weighted by atomic mass is 9.82. The van der Waals surface area contributed by atoms with Crippen LogP contribution in [0.1, 0.15) is 36.8 Å². The van der Waals surface area contributed by atoms with Crippen LogP contribution in [-0.4, -0.2) is 17.9 Å². The maximum Gasteiger partial charge on any atom is 0.279 e. The first-order chi connectivity index (χ1) is 12.5. The standard InChI is InChI=1S/C20H21FN2O3/c1-13(26-16-11-9-15(21)10-12-16)19(24)22-23-20(25)18-8-4-6-14-5-2-3-7-17(14)18/h2-3,5,7,9-13,18H,4,6,8H2,1H3,(H,22,24)(H,23,25). The van der Waals surface area contributed by atoms with Crippen LogP contribution in [0.25, 0.3) is 0 Å². The summed E-state index contributed by atoms with van der Waals surface area (Å²) in [6.07, 6.45) is 1.82. The summed E-state index contributed by atoms with van der Waals surface area (Å²) < 4.78 is 18.3. The molecule has 2 unspecified atom stereocenters. The van der Waals surface area contributed by atoms with E-state index >= 15 is 0 Å². The highest BCUT2D eigenvalue weighted by atomic mass is 19.1. The van der Waals surface area contributed by atoms with Gasteiger partial charge in [0.2, 0.25) is 5.91 Å². The maximum absolute atomic E-state index is 12.9. The maximum atomic E-state index is 12.9. The largest absolute Gasteiger partial charge is 0.481 e. The van der Waals surface area contributed by atoms with E-state index in [2.05, 4.69) is 10.9 Å². The molecule has 1 aliphatic rings. The molecule has 0 spiro atoms. The number of hydrogen-bond acceptors (Lipinski definition) is 3. The molecule has 5 nitrogen and oxygen atoms in total. The molecule has 1 aliphatic carbocycles. The van der Waals surface area contributed by atoms with Crippen LogP contribution in [0.15, 0.2) is 48.5 Å². The van der Waals surface area contributed by atoms with Crippen LogP contribution in [-0.2, 0) is 16.0 Å². The average Bonchev–Trinajstić information content (AvgIpc) is 2.67. The fraction of sp³-hybridized carbons (Fsp3) is 0.300. The Kier molecular flexibility index (Phi) is 5.51. The van der Waals surface area contributed by atoms with Crippen molar-refractivity contribution in [2.45, 2.75) is 38.2 Å². The van der Waals surface area contributed by atoms with E-state index in [-0.39, 0.29) is 17.6 Å². The van der Waals surface area contributed by atoms with E-state index in [4.69, 9.17) is 4.74 Å². The summed E-state index contributed by atoms with van der Waals surface area (Å²) in [5.41, 5.74) is 7.09. The van der Waals surface area contributed by atoms with Gasteiger partial charge in [-0.3, -0.25) is 20.4 Å². The van der Waals surface area contributed by atoms with Gasteiger partial charge in [-0.25, -0.2) is 4.39 Å². The summed E-state index contributed by atoms with van der Waals surface area (Å²) >= 11 is 0. The van der Waals surface area contributed by atoms with Gasteiger partial charge in [0.05, 0.1) is 5.92 Å². The topological polar surface area (TPSA) is 67.4 Å². The van der Waals surface area contributed by atoms with Gasteiger partial charge in [-0.1, -0.05) is 24.3 Å². The number of halogens is 1. The zero-order valence-electron chi connectivity index (χ0n) is 14.5. The Morgan fingerprint density at radius 2 is 1.85 bits per heavy atom. The molecule has 2 aromatic rings. The number of ether oxygens (including phenoxy) is 1. The summed E-state index contributed by atoms with van der Waals surface area (Å²) in [7, 11) is 0. The fourth-order valence-electron chi connectivity index (χ4n) is 3.11. The van der Waals surface area contributed by atoms with E-state index < -0.39 is 12.0 Å². The zero-order valence-corrected chi connectivity index (χ0v) is 14.5. The second-order valence-electron chi connectivity index (χ2n) is 6.34. The molecule has 0 saturated heterocycles. The van der Waals surface area contributed by atoms with Crippen molar-refractivity contribution in [2.24, 2.45) is 0 Å². The van der Waals surface area contributed by atoms with Gasteiger partial charge in [0, 0.05) is 0 Å². The lowest BCUT2D eigenvalue weighted by Crippen LogP contribution is -2.48. The number of hydrogen-bond donors (Lipinski definition) is 2. The Hall–Kier alpha value is -2.89. The summed E-state index contributed by atoms with van der Waals surface area (Å²) in [4.78, 5) is 24.6. The number of carbonyl (C=O) groups is 2. The predicted molar refractivity (Wildman–Crippen MR) is 94.9 cm³/mol. The molecule has 0 saturated carbocycles. The Labute approximate surface area is 151 Å². The normalized spacial score (nSPS) is 16.9. The van der Waals surface area contributed by atoms with Gasteiger partial charge in [0.15, 0.2) is 6.10 Å². The van der Waals surface area contributed by atoms with E-state index in [0.717, 1.165) is 24.8 Å². The average molecular weight is 356 g/mol. The third-order valence-electron chi connectivity index (χ3n) is 4.49. The Balaban J connectivity index is 1.54. The smallest absolute Gasteiger partial charge is 0.279 e. The molecule has 26 heavy (non-hydrogen) atoms. The molecular formula is C20H21FN2O3. The second-order valence-corrected chi connectivity index (χ2v) is 6.34. The van der Waals surface area contributed by atoms with Gasteiger partial charge in [-0.05, 0) is 61.6 Å². The number of hydrazine groups is 1.